The zero-order chi connectivity index (χ0) is 14.9. The highest BCUT2D eigenvalue weighted by molar-refractivity contribution is 7.91. The maximum absolute atomic E-state index is 11.6. The average Bonchev–Trinajstić information content (AvgIpc) is 2.32. The summed E-state index contributed by atoms with van der Waals surface area (Å²) < 4.78 is 23.2. The first-order valence-electron chi connectivity index (χ1n) is 6.51. The second kappa shape index (κ2) is 5.40. The molecule has 2 rings (SSSR count). The summed E-state index contributed by atoms with van der Waals surface area (Å²) in [5, 5.41) is 14.1. The van der Waals surface area contributed by atoms with Gasteiger partial charge < -0.3 is 5.32 Å². The molecule has 1 heterocycles. The number of nitrogens with zero attached hydrogens (tertiary/aromatic N) is 1. The number of aryl methyl sites for hydroxylation is 2. The second-order valence-electron chi connectivity index (χ2n) is 5.31. The molecular weight excluding hydrogens is 280 g/mol. The largest absolute Gasteiger partial charge is 0.376 e. The first kappa shape index (κ1) is 14.8. The van der Waals surface area contributed by atoms with Crippen LogP contribution in [0.5, 0.6) is 0 Å². The molecule has 0 radical (unpaired) electrons. The van der Waals surface area contributed by atoms with Crippen molar-refractivity contribution in [2.45, 2.75) is 32.7 Å². The van der Waals surface area contributed by atoms with E-state index in [0.717, 1.165) is 11.1 Å². The molecule has 0 aromatic heterocycles. The number of rotatable bonds is 3. The Balaban J connectivity index is 2.29. The Morgan fingerprint density at radius 2 is 1.95 bits per heavy atom. The molecule has 1 unspecified atom stereocenters. The number of nitro benzene ring substituents is 1. The van der Waals surface area contributed by atoms with Crippen molar-refractivity contribution in [1.29, 1.82) is 0 Å². The Labute approximate surface area is 118 Å². The van der Waals surface area contributed by atoms with Gasteiger partial charge in [0.1, 0.15) is 5.69 Å². The molecule has 1 fully saturated rings. The smallest absolute Gasteiger partial charge is 0.292 e. The van der Waals surface area contributed by atoms with Crippen molar-refractivity contribution >= 4 is 21.2 Å². The van der Waals surface area contributed by atoms with E-state index in [-0.39, 0.29) is 23.2 Å². The minimum absolute atomic E-state index is 0.00364. The van der Waals surface area contributed by atoms with Crippen LogP contribution >= 0.6 is 0 Å². The number of anilines is 1. The van der Waals surface area contributed by atoms with Crippen molar-refractivity contribution in [1.82, 2.24) is 0 Å². The molecule has 20 heavy (non-hydrogen) atoms. The van der Waals surface area contributed by atoms with Crippen molar-refractivity contribution in [3.8, 4) is 0 Å². The number of hydrogen-bond acceptors (Lipinski definition) is 5. The molecular formula is C13H18N2O4S. The summed E-state index contributed by atoms with van der Waals surface area (Å²) >= 11 is 0. The highest BCUT2D eigenvalue weighted by Gasteiger charge is 2.26. The number of nitrogens with one attached hydrogen (secondary N) is 1. The van der Waals surface area contributed by atoms with Gasteiger partial charge in [0.15, 0.2) is 9.84 Å². The van der Waals surface area contributed by atoms with E-state index < -0.39 is 14.8 Å². The van der Waals surface area contributed by atoms with Crippen LogP contribution in [0.15, 0.2) is 12.1 Å². The van der Waals surface area contributed by atoms with E-state index in [2.05, 4.69) is 5.32 Å². The summed E-state index contributed by atoms with van der Waals surface area (Å²) in [7, 11) is -3.04. The zero-order valence-electron chi connectivity index (χ0n) is 11.5. The lowest BCUT2D eigenvalue weighted by Crippen LogP contribution is -2.35. The van der Waals surface area contributed by atoms with Gasteiger partial charge in [-0.25, -0.2) is 8.42 Å². The standard InChI is InChI=1S/C13H18N2O4S/c1-9-6-12(13(15(16)17)7-10(9)2)14-11-4-3-5-20(18,19)8-11/h6-7,11,14H,3-5,8H2,1-2H3. The fourth-order valence-corrected chi connectivity index (χ4v) is 4.06. The maximum atomic E-state index is 11.6. The van der Waals surface area contributed by atoms with E-state index in [9.17, 15) is 18.5 Å². The molecule has 1 aliphatic heterocycles. The summed E-state index contributed by atoms with van der Waals surface area (Å²) in [5.41, 5.74) is 2.19. The zero-order valence-corrected chi connectivity index (χ0v) is 12.4. The average molecular weight is 298 g/mol. The fourth-order valence-electron chi connectivity index (χ4n) is 2.42. The fraction of sp³-hybridized carbons (Fsp3) is 0.538. The van der Waals surface area contributed by atoms with Crippen LogP contribution in [0.1, 0.15) is 24.0 Å². The van der Waals surface area contributed by atoms with Gasteiger partial charge in [0.05, 0.1) is 16.4 Å². The first-order chi connectivity index (χ1) is 9.28. The molecule has 0 amide bonds. The van der Waals surface area contributed by atoms with Crippen molar-refractivity contribution in [2.24, 2.45) is 0 Å². The van der Waals surface area contributed by atoms with Crippen LogP contribution in [0.2, 0.25) is 0 Å². The minimum Gasteiger partial charge on any atom is -0.376 e. The van der Waals surface area contributed by atoms with E-state index in [1.807, 2.05) is 13.8 Å². The van der Waals surface area contributed by atoms with Gasteiger partial charge >= 0.3 is 0 Å². The van der Waals surface area contributed by atoms with Gasteiger partial charge in [-0.05, 0) is 43.9 Å². The van der Waals surface area contributed by atoms with Crippen molar-refractivity contribution in [3.63, 3.8) is 0 Å². The SMILES string of the molecule is Cc1cc(NC2CCCS(=O)(=O)C2)c([N+](=O)[O-])cc1C. The Morgan fingerprint density at radius 1 is 1.30 bits per heavy atom. The van der Waals surface area contributed by atoms with Crippen molar-refractivity contribution in [3.05, 3.63) is 33.4 Å². The number of nitro groups is 1. The summed E-state index contributed by atoms with van der Waals surface area (Å²) in [6, 6.07) is 2.98. The normalized spacial score (nSPS) is 21.4. The van der Waals surface area contributed by atoms with E-state index >= 15 is 0 Å². The third kappa shape index (κ3) is 3.27. The Kier molecular flexibility index (Phi) is 3.99. The minimum atomic E-state index is -3.04. The van der Waals surface area contributed by atoms with Crippen molar-refractivity contribution < 1.29 is 13.3 Å². The Morgan fingerprint density at radius 3 is 2.55 bits per heavy atom. The molecule has 110 valence electrons. The van der Waals surface area contributed by atoms with Crippen molar-refractivity contribution in [2.75, 3.05) is 16.8 Å². The van der Waals surface area contributed by atoms with E-state index in [1.165, 1.54) is 6.07 Å². The lowest BCUT2D eigenvalue weighted by molar-refractivity contribution is -0.384. The van der Waals surface area contributed by atoms with Crippen LogP contribution in [0.4, 0.5) is 11.4 Å². The van der Waals surface area contributed by atoms with E-state index in [4.69, 9.17) is 0 Å². The molecule has 1 atom stereocenters. The molecule has 0 bridgehead atoms. The molecule has 6 nitrogen and oxygen atoms in total. The molecule has 1 N–H and O–H groups in total. The van der Waals surface area contributed by atoms with Crippen LogP contribution in [0.25, 0.3) is 0 Å². The summed E-state index contributed by atoms with van der Waals surface area (Å²) in [6.07, 6.45) is 1.31. The summed E-state index contributed by atoms with van der Waals surface area (Å²) in [6.45, 7) is 3.69. The molecule has 0 saturated carbocycles. The predicted octanol–water partition coefficient (Wildman–Crippen LogP) is 2.20. The van der Waals surface area contributed by atoms with Gasteiger partial charge in [0, 0.05) is 12.1 Å². The topological polar surface area (TPSA) is 89.3 Å². The third-order valence-corrected chi connectivity index (χ3v) is 5.45. The number of hydrogen-bond donors (Lipinski definition) is 1. The molecule has 1 aromatic carbocycles. The van der Waals surface area contributed by atoms with Gasteiger partial charge in [-0.2, -0.15) is 0 Å². The van der Waals surface area contributed by atoms with Crippen LogP contribution in [-0.4, -0.2) is 30.9 Å². The van der Waals surface area contributed by atoms with E-state index in [1.54, 1.807) is 6.07 Å². The van der Waals surface area contributed by atoms with Gasteiger partial charge in [-0.15, -0.1) is 0 Å². The molecule has 1 aromatic rings. The number of sulfone groups is 1. The molecule has 1 saturated heterocycles. The molecule has 7 heteroatoms. The Hall–Kier alpha value is -1.63. The van der Waals surface area contributed by atoms with Gasteiger partial charge in [-0.3, -0.25) is 10.1 Å². The highest BCUT2D eigenvalue weighted by atomic mass is 32.2. The third-order valence-electron chi connectivity index (χ3n) is 3.63. The van der Waals surface area contributed by atoms with Gasteiger partial charge in [0.2, 0.25) is 0 Å². The molecule has 0 aliphatic carbocycles. The van der Waals surface area contributed by atoms with Crippen LogP contribution in [0, 0.1) is 24.0 Å². The quantitative estimate of drug-likeness (QED) is 0.682. The first-order valence-corrected chi connectivity index (χ1v) is 8.33. The van der Waals surface area contributed by atoms with Crippen LogP contribution in [0.3, 0.4) is 0 Å². The molecule has 0 spiro atoms. The van der Waals surface area contributed by atoms with Crippen LogP contribution < -0.4 is 5.32 Å². The Bertz CT molecular complexity index is 640. The van der Waals surface area contributed by atoms with Gasteiger partial charge in [0.25, 0.3) is 5.69 Å². The maximum Gasteiger partial charge on any atom is 0.292 e. The summed E-state index contributed by atoms with van der Waals surface area (Å²) in [4.78, 5) is 10.7. The number of benzene rings is 1. The lowest BCUT2D eigenvalue weighted by Gasteiger charge is -2.24. The van der Waals surface area contributed by atoms with Gasteiger partial charge in [-0.1, -0.05) is 0 Å². The molecule has 1 aliphatic rings. The summed E-state index contributed by atoms with van der Waals surface area (Å²) in [5.74, 6) is 0.247. The second-order valence-corrected chi connectivity index (χ2v) is 7.54. The van der Waals surface area contributed by atoms with E-state index in [0.29, 0.717) is 18.5 Å². The van der Waals surface area contributed by atoms with Crippen LogP contribution in [-0.2, 0) is 9.84 Å². The monoisotopic (exact) mass is 298 g/mol. The lowest BCUT2D eigenvalue weighted by atomic mass is 10.1. The predicted molar refractivity (Wildman–Crippen MR) is 77.9 cm³/mol. The highest BCUT2D eigenvalue weighted by Crippen LogP contribution is 2.29.